The van der Waals surface area contributed by atoms with E-state index in [4.69, 9.17) is 9.26 Å². The van der Waals surface area contributed by atoms with Gasteiger partial charge in [0.1, 0.15) is 11.5 Å². The van der Waals surface area contributed by atoms with Crippen LogP contribution in [0.4, 0.5) is 0 Å². The Bertz CT molecular complexity index is 1000. The number of ether oxygens (including phenoxy) is 1. The van der Waals surface area contributed by atoms with Crippen molar-refractivity contribution in [2.75, 3.05) is 19.7 Å². The molecule has 1 aromatic carbocycles. The van der Waals surface area contributed by atoms with Gasteiger partial charge in [0, 0.05) is 37.3 Å². The van der Waals surface area contributed by atoms with Gasteiger partial charge in [-0.25, -0.2) is 0 Å². The minimum atomic E-state index is -0.646. The highest BCUT2D eigenvalue weighted by molar-refractivity contribution is 5.77. The summed E-state index contributed by atoms with van der Waals surface area (Å²) < 4.78 is 11.2. The zero-order valence-corrected chi connectivity index (χ0v) is 18.2. The number of benzene rings is 1. The number of pyridine rings is 1. The van der Waals surface area contributed by atoms with Crippen LogP contribution in [0, 0.1) is 12.3 Å². The normalized spacial score (nSPS) is 19.3. The fraction of sp³-hybridized carbons (Fsp3) is 0.400. The summed E-state index contributed by atoms with van der Waals surface area (Å²) in [5, 5.41) is 4.25. The van der Waals surface area contributed by atoms with Crippen LogP contribution in [0.25, 0.3) is 11.3 Å². The van der Waals surface area contributed by atoms with Gasteiger partial charge in [-0.2, -0.15) is 0 Å². The topological polar surface area (TPSA) is 68.5 Å². The third-order valence-corrected chi connectivity index (χ3v) is 5.90. The van der Waals surface area contributed by atoms with Crippen molar-refractivity contribution in [2.24, 2.45) is 5.41 Å². The number of aryl methyl sites for hydroxylation is 1. The fourth-order valence-electron chi connectivity index (χ4n) is 4.34. The Hall–Kier alpha value is -2.99. The lowest BCUT2D eigenvalue weighted by molar-refractivity contribution is -0.159. The molecule has 3 aromatic rings. The van der Waals surface area contributed by atoms with Gasteiger partial charge in [-0.3, -0.25) is 14.7 Å². The lowest BCUT2D eigenvalue weighted by Crippen LogP contribution is -2.49. The summed E-state index contributed by atoms with van der Waals surface area (Å²) in [4.78, 5) is 19.8. The molecule has 6 heteroatoms. The summed E-state index contributed by atoms with van der Waals surface area (Å²) in [5.41, 5.74) is 3.35. The van der Waals surface area contributed by atoms with Crippen LogP contribution in [0.5, 0.6) is 0 Å². The van der Waals surface area contributed by atoms with Crippen LogP contribution in [0.2, 0.25) is 0 Å². The number of piperidine rings is 1. The Labute approximate surface area is 183 Å². The first-order valence-corrected chi connectivity index (χ1v) is 10.9. The monoisotopic (exact) mass is 419 g/mol. The molecule has 31 heavy (non-hydrogen) atoms. The molecule has 1 atom stereocenters. The largest absolute Gasteiger partial charge is 0.466 e. The quantitative estimate of drug-likeness (QED) is 0.528. The summed E-state index contributed by atoms with van der Waals surface area (Å²) in [6.45, 7) is 6.54. The van der Waals surface area contributed by atoms with E-state index in [0.717, 1.165) is 36.3 Å². The Morgan fingerprint density at radius 1 is 1.23 bits per heavy atom. The summed E-state index contributed by atoms with van der Waals surface area (Å²) in [7, 11) is 0. The van der Waals surface area contributed by atoms with E-state index in [2.05, 4.69) is 34.1 Å². The zero-order valence-electron chi connectivity index (χ0n) is 18.2. The maximum atomic E-state index is 13.1. The molecule has 1 aliphatic rings. The molecule has 0 bridgehead atoms. The van der Waals surface area contributed by atoms with Gasteiger partial charge in [0.15, 0.2) is 0 Å². The highest BCUT2D eigenvalue weighted by Gasteiger charge is 2.44. The first kappa shape index (κ1) is 21.2. The number of hydrogen-bond acceptors (Lipinski definition) is 6. The van der Waals surface area contributed by atoms with Gasteiger partial charge in [-0.1, -0.05) is 41.1 Å². The highest BCUT2D eigenvalue weighted by Crippen LogP contribution is 2.36. The number of carbonyl (C=O) groups is 1. The van der Waals surface area contributed by atoms with E-state index in [1.807, 2.05) is 43.3 Å². The Morgan fingerprint density at radius 3 is 2.81 bits per heavy atom. The standard InChI is InChI=1S/C25H29N3O3/c1-3-30-24(29)25(12-6-14-28(18-25)17-21-7-4-5-13-26-21)16-22-15-23(27-31-22)20-10-8-19(2)9-11-20/h4-5,7-11,13,15H,3,6,12,14,16-18H2,1-2H3/t25-/m1/s1. The molecular weight excluding hydrogens is 390 g/mol. The number of rotatable bonds is 7. The van der Waals surface area contributed by atoms with Crippen LogP contribution < -0.4 is 0 Å². The van der Waals surface area contributed by atoms with Crippen LogP contribution in [-0.2, 0) is 22.5 Å². The van der Waals surface area contributed by atoms with E-state index >= 15 is 0 Å². The van der Waals surface area contributed by atoms with Gasteiger partial charge in [-0.15, -0.1) is 0 Å². The zero-order chi connectivity index (χ0) is 21.7. The van der Waals surface area contributed by atoms with Gasteiger partial charge < -0.3 is 9.26 Å². The summed E-state index contributed by atoms with van der Waals surface area (Å²) in [5.74, 6) is 0.553. The lowest BCUT2D eigenvalue weighted by atomic mass is 9.76. The van der Waals surface area contributed by atoms with Crippen molar-refractivity contribution in [3.63, 3.8) is 0 Å². The fourth-order valence-corrected chi connectivity index (χ4v) is 4.34. The molecule has 0 spiro atoms. The molecule has 0 aliphatic carbocycles. The van der Waals surface area contributed by atoms with Crippen molar-refractivity contribution in [3.8, 4) is 11.3 Å². The second-order valence-electron chi connectivity index (χ2n) is 8.36. The molecule has 1 fully saturated rings. The van der Waals surface area contributed by atoms with Crippen molar-refractivity contribution < 1.29 is 14.1 Å². The van der Waals surface area contributed by atoms with Crippen LogP contribution >= 0.6 is 0 Å². The van der Waals surface area contributed by atoms with Gasteiger partial charge in [0.25, 0.3) is 0 Å². The Morgan fingerprint density at radius 2 is 2.06 bits per heavy atom. The van der Waals surface area contributed by atoms with Crippen molar-refractivity contribution in [1.82, 2.24) is 15.0 Å². The molecular formula is C25H29N3O3. The minimum absolute atomic E-state index is 0.158. The predicted molar refractivity (Wildman–Crippen MR) is 118 cm³/mol. The number of esters is 1. The van der Waals surface area contributed by atoms with Gasteiger partial charge in [0.05, 0.1) is 17.7 Å². The second kappa shape index (κ2) is 9.43. The van der Waals surface area contributed by atoms with Crippen LogP contribution in [0.15, 0.2) is 59.3 Å². The third-order valence-electron chi connectivity index (χ3n) is 5.90. The molecule has 4 rings (SSSR count). The molecule has 2 aromatic heterocycles. The molecule has 1 saturated heterocycles. The van der Waals surface area contributed by atoms with E-state index in [1.165, 1.54) is 5.56 Å². The first-order valence-electron chi connectivity index (χ1n) is 10.9. The third kappa shape index (κ3) is 5.02. The molecule has 0 N–H and O–H groups in total. The smallest absolute Gasteiger partial charge is 0.313 e. The second-order valence-corrected chi connectivity index (χ2v) is 8.36. The predicted octanol–water partition coefficient (Wildman–Crippen LogP) is 4.43. The highest BCUT2D eigenvalue weighted by atomic mass is 16.5. The van der Waals surface area contributed by atoms with E-state index in [9.17, 15) is 4.79 Å². The number of hydrogen-bond donors (Lipinski definition) is 0. The van der Waals surface area contributed by atoms with E-state index in [0.29, 0.717) is 31.9 Å². The van der Waals surface area contributed by atoms with E-state index in [1.54, 1.807) is 6.20 Å². The SMILES string of the molecule is CCOC(=O)[C@@]1(Cc2cc(-c3ccc(C)cc3)no2)CCCN(Cc2ccccn2)C1. The Kier molecular flexibility index (Phi) is 6.47. The van der Waals surface area contributed by atoms with Crippen molar-refractivity contribution in [1.29, 1.82) is 0 Å². The summed E-state index contributed by atoms with van der Waals surface area (Å²) in [6.07, 6.45) is 3.97. The molecule has 162 valence electrons. The molecule has 0 radical (unpaired) electrons. The van der Waals surface area contributed by atoms with Crippen LogP contribution in [0.3, 0.4) is 0 Å². The number of carbonyl (C=O) groups excluding carboxylic acids is 1. The molecule has 6 nitrogen and oxygen atoms in total. The maximum Gasteiger partial charge on any atom is 0.313 e. The van der Waals surface area contributed by atoms with Gasteiger partial charge >= 0.3 is 5.97 Å². The van der Waals surface area contributed by atoms with E-state index < -0.39 is 5.41 Å². The first-order chi connectivity index (χ1) is 15.1. The molecule has 0 unspecified atom stereocenters. The van der Waals surface area contributed by atoms with Crippen LogP contribution in [-0.4, -0.2) is 40.7 Å². The average Bonchev–Trinajstić information content (AvgIpc) is 3.23. The summed E-state index contributed by atoms with van der Waals surface area (Å²) >= 11 is 0. The van der Waals surface area contributed by atoms with Gasteiger partial charge in [-0.05, 0) is 45.4 Å². The number of aromatic nitrogens is 2. The lowest BCUT2D eigenvalue weighted by Gasteiger charge is -2.40. The minimum Gasteiger partial charge on any atom is -0.466 e. The molecule has 0 saturated carbocycles. The summed E-state index contributed by atoms with van der Waals surface area (Å²) in [6, 6.07) is 16.1. The van der Waals surface area contributed by atoms with E-state index in [-0.39, 0.29) is 5.97 Å². The van der Waals surface area contributed by atoms with Crippen molar-refractivity contribution in [2.45, 2.75) is 39.7 Å². The number of nitrogens with zero attached hydrogens (tertiary/aromatic N) is 3. The number of likely N-dealkylation sites (tertiary alicyclic amines) is 1. The van der Waals surface area contributed by atoms with Crippen LogP contribution in [0.1, 0.15) is 36.8 Å². The average molecular weight is 420 g/mol. The van der Waals surface area contributed by atoms with Crippen molar-refractivity contribution in [3.05, 3.63) is 71.7 Å². The molecule has 3 heterocycles. The Balaban J connectivity index is 1.55. The maximum absolute atomic E-state index is 13.1. The van der Waals surface area contributed by atoms with Gasteiger partial charge in [0.2, 0.25) is 0 Å². The molecule has 1 aliphatic heterocycles. The van der Waals surface area contributed by atoms with Crippen molar-refractivity contribution >= 4 is 5.97 Å². The molecule has 0 amide bonds.